The van der Waals surface area contributed by atoms with Gasteiger partial charge in [-0.25, -0.2) is 13.1 Å². The fraction of sp³-hybridized carbons (Fsp3) is 0.353. The van der Waals surface area contributed by atoms with Crippen LogP contribution in [0.15, 0.2) is 41.4 Å². The number of carbonyl (C=O) groups excluding carboxylic acids is 1. The summed E-state index contributed by atoms with van der Waals surface area (Å²) in [7, 11) is -0.615. The predicted octanol–water partition coefficient (Wildman–Crippen LogP) is 2.18. The number of amides is 1. The maximum atomic E-state index is 12.2. The first-order valence-electron chi connectivity index (χ1n) is 8.10. The number of sulfonamides is 1. The third-order valence-corrected chi connectivity index (χ3v) is 5.36. The third kappa shape index (κ3) is 5.48. The fourth-order valence-electron chi connectivity index (χ4n) is 2.27. The number of aryl methyl sites for hydroxylation is 1. The molecule has 0 spiro atoms. The number of nitrogens with one attached hydrogen (secondary N) is 2. The van der Waals surface area contributed by atoms with Crippen LogP contribution in [0, 0.1) is 0 Å². The zero-order valence-electron chi connectivity index (χ0n) is 14.7. The molecule has 1 heterocycles. The minimum absolute atomic E-state index is 0.0593. The normalized spacial score (nSPS) is 11.3. The van der Waals surface area contributed by atoms with E-state index < -0.39 is 10.0 Å². The van der Waals surface area contributed by atoms with Gasteiger partial charge in [0.05, 0.1) is 6.61 Å². The fourth-order valence-corrected chi connectivity index (χ4v) is 3.19. The molecule has 0 aliphatic rings. The highest BCUT2D eigenvalue weighted by Crippen LogP contribution is 2.16. The number of nitrogens with zero attached hydrogens (tertiary/aromatic N) is 1. The second-order valence-electron chi connectivity index (χ2n) is 5.64. The standard InChI is InChI=1S/C17H22ClN3O4S/c1-19-26(23,24)15-11-16(21(2)12-15)17(22)20-9-3-4-10-25-14-7-5-13(18)6-8-14/h5-8,11-12,19H,3-4,9-10H2,1-2H3,(H,20,22). The van der Waals surface area contributed by atoms with Crippen LogP contribution in [0.25, 0.3) is 0 Å². The molecule has 0 radical (unpaired) electrons. The van der Waals surface area contributed by atoms with E-state index in [4.69, 9.17) is 16.3 Å². The lowest BCUT2D eigenvalue weighted by molar-refractivity contribution is 0.0944. The van der Waals surface area contributed by atoms with Gasteiger partial charge in [0, 0.05) is 24.8 Å². The number of hydrogen-bond acceptors (Lipinski definition) is 4. The summed E-state index contributed by atoms with van der Waals surface area (Å²) in [5.74, 6) is 0.434. The van der Waals surface area contributed by atoms with Gasteiger partial charge in [0.2, 0.25) is 10.0 Å². The Balaban J connectivity index is 1.74. The lowest BCUT2D eigenvalue weighted by Gasteiger charge is -2.07. The van der Waals surface area contributed by atoms with E-state index in [0.717, 1.165) is 18.6 Å². The summed E-state index contributed by atoms with van der Waals surface area (Å²) in [6.07, 6.45) is 2.92. The second kappa shape index (κ2) is 9.07. The molecule has 0 atom stereocenters. The van der Waals surface area contributed by atoms with Crippen LogP contribution in [0.1, 0.15) is 23.3 Å². The van der Waals surface area contributed by atoms with E-state index in [1.165, 1.54) is 23.9 Å². The van der Waals surface area contributed by atoms with Crippen molar-refractivity contribution in [2.45, 2.75) is 17.7 Å². The molecule has 26 heavy (non-hydrogen) atoms. The number of unbranched alkanes of at least 4 members (excludes halogenated alkanes) is 1. The van der Waals surface area contributed by atoms with Crippen molar-refractivity contribution in [2.24, 2.45) is 7.05 Å². The van der Waals surface area contributed by atoms with Gasteiger partial charge in [-0.3, -0.25) is 4.79 Å². The van der Waals surface area contributed by atoms with E-state index in [2.05, 4.69) is 10.0 Å². The van der Waals surface area contributed by atoms with Crippen LogP contribution in [0.2, 0.25) is 5.02 Å². The number of ether oxygens (including phenoxy) is 1. The summed E-state index contributed by atoms with van der Waals surface area (Å²) in [5, 5.41) is 3.44. The van der Waals surface area contributed by atoms with Crippen molar-refractivity contribution in [3.63, 3.8) is 0 Å². The Labute approximate surface area is 158 Å². The van der Waals surface area contributed by atoms with E-state index in [-0.39, 0.29) is 16.5 Å². The van der Waals surface area contributed by atoms with Gasteiger partial charge < -0.3 is 14.6 Å². The molecule has 0 unspecified atom stereocenters. The first kappa shape index (κ1) is 20.3. The zero-order valence-corrected chi connectivity index (χ0v) is 16.2. The van der Waals surface area contributed by atoms with Crippen LogP contribution in [0.4, 0.5) is 0 Å². The first-order chi connectivity index (χ1) is 12.3. The zero-order chi connectivity index (χ0) is 19.2. The van der Waals surface area contributed by atoms with Crippen molar-refractivity contribution in [3.05, 3.63) is 47.2 Å². The Kier molecular flexibility index (Phi) is 7.07. The summed E-state index contributed by atoms with van der Waals surface area (Å²) in [6.45, 7) is 1.01. The Morgan fingerprint density at radius 1 is 1.23 bits per heavy atom. The number of benzene rings is 1. The molecular weight excluding hydrogens is 378 g/mol. The molecule has 9 heteroatoms. The lowest BCUT2D eigenvalue weighted by Crippen LogP contribution is -2.26. The monoisotopic (exact) mass is 399 g/mol. The molecule has 7 nitrogen and oxygen atoms in total. The quantitative estimate of drug-likeness (QED) is 0.632. The van der Waals surface area contributed by atoms with Gasteiger partial charge in [0.25, 0.3) is 5.91 Å². The van der Waals surface area contributed by atoms with Crippen LogP contribution >= 0.6 is 11.6 Å². The Morgan fingerprint density at radius 2 is 1.92 bits per heavy atom. The van der Waals surface area contributed by atoms with E-state index in [1.54, 1.807) is 31.3 Å². The molecule has 0 aliphatic carbocycles. The van der Waals surface area contributed by atoms with Gasteiger partial charge >= 0.3 is 0 Å². The van der Waals surface area contributed by atoms with Crippen molar-refractivity contribution in [3.8, 4) is 5.75 Å². The molecule has 2 aromatic rings. The molecule has 0 saturated carbocycles. The van der Waals surface area contributed by atoms with E-state index in [1.807, 2.05) is 0 Å². The second-order valence-corrected chi connectivity index (χ2v) is 7.97. The van der Waals surface area contributed by atoms with Crippen LogP contribution in [0.3, 0.4) is 0 Å². The smallest absolute Gasteiger partial charge is 0.267 e. The average Bonchev–Trinajstić information content (AvgIpc) is 3.02. The van der Waals surface area contributed by atoms with Gasteiger partial charge in [-0.2, -0.15) is 0 Å². The largest absolute Gasteiger partial charge is 0.494 e. The van der Waals surface area contributed by atoms with Gasteiger partial charge in [-0.05, 0) is 50.2 Å². The van der Waals surface area contributed by atoms with Crippen molar-refractivity contribution in [1.82, 2.24) is 14.6 Å². The van der Waals surface area contributed by atoms with Crippen LogP contribution in [-0.2, 0) is 17.1 Å². The predicted molar refractivity (Wildman–Crippen MR) is 100 cm³/mol. The molecule has 0 bridgehead atoms. The Bertz CT molecular complexity index is 847. The van der Waals surface area contributed by atoms with E-state index in [9.17, 15) is 13.2 Å². The number of aromatic nitrogens is 1. The van der Waals surface area contributed by atoms with Gasteiger partial charge in [0.1, 0.15) is 16.3 Å². The number of rotatable bonds is 9. The maximum Gasteiger partial charge on any atom is 0.267 e. The summed E-state index contributed by atoms with van der Waals surface area (Å²) in [4.78, 5) is 12.2. The number of hydrogen-bond donors (Lipinski definition) is 2. The van der Waals surface area contributed by atoms with Crippen molar-refractivity contribution in [1.29, 1.82) is 0 Å². The average molecular weight is 400 g/mol. The summed E-state index contributed by atoms with van der Waals surface area (Å²) in [5.41, 5.74) is 0.288. The molecule has 1 aromatic carbocycles. The molecule has 2 N–H and O–H groups in total. The molecule has 142 valence electrons. The minimum Gasteiger partial charge on any atom is -0.494 e. The van der Waals surface area contributed by atoms with Crippen molar-refractivity contribution >= 4 is 27.5 Å². The highest BCUT2D eigenvalue weighted by atomic mass is 35.5. The SMILES string of the molecule is CNS(=O)(=O)c1cc(C(=O)NCCCCOc2ccc(Cl)cc2)n(C)c1. The number of halogens is 1. The Hall–Kier alpha value is -2.03. The molecule has 0 saturated heterocycles. The topological polar surface area (TPSA) is 89.4 Å². The molecule has 0 fully saturated rings. The van der Waals surface area contributed by atoms with E-state index in [0.29, 0.717) is 18.2 Å². The summed E-state index contributed by atoms with van der Waals surface area (Å²) >= 11 is 5.81. The van der Waals surface area contributed by atoms with E-state index >= 15 is 0 Å². The number of carbonyl (C=O) groups is 1. The maximum absolute atomic E-state index is 12.2. The van der Waals surface area contributed by atoms with Crippen molar-refractivity contribution < 1.29 is 17.9 Å². The Morgan fingerprint density at radius 3 is 2.58 bits per heavy atom. The van der Waals surface area contributed by atoms with Gasteiger partial charge in [0.15, 0.2) is 0 Å². The highest BCUT2D eigenvalue weighted by Gasteiger charge is 2.18. The third-order valence-electron chi connectivity index (χ3n) is 3.73. The molecular formula is C17H22ClN3O4S. The summed E-state index contributed by atoms with van der Waals surface area (Å²) < 4.78 is 32.9. The molecule has 0 aliphatic heterocycles. The summed E-state index contributed by atoms with van der Waals surface area (Å²) in [6, 6.07) is 8.48. The van der Waals surface area contributed by atoms with Gasteiger partial charge in [-0.1, -0.05) is 11.6 Å². The van der Waals surface area contributed by atoms with Crippen LogP contribution in [-0.4, -0.2) is 39.1 Å². The van der Waals surface area contributed by atoms with Crippen LogP contribution < -0.4 is 14.8 Å². The van der Waals surface area contributed by atoms with Crippen molar-refractivity contribution in [2.75, 3.05) is 20.2 Å². The van der Waals surface area contributed by atoms with Crippen LogP contribution in [0.5, 0.6) is 5.75 Å². The van der Waals surface area contributed by atoms with Gasteiger partial charge in [-0.15, -0.1) is 0 Å². The molecule has 1 amide bonds. The highest BCUT2D eigenvalue weighted by molar-refractivity contribution is 7.89. The lowest BCUT2D eigenvalue weighted by atomic mass is 10.3. The molecule has 2 rings (SSSR count). The first-order valence-corrected chi connectivity index (χ1v) is 9.96. The molecule has 1 aromatic heterocycles. The minimum atomic E-state index is -3.57.